The summed E-state index contributed by atoms with van der Waals surface area (Å²) in [6.07, 6.45) is 1.35. The predicted octanol–water partition coefficient (Wildman–Crippen LogP) is 2.71. The molecule has 166 valence electrons. The van der Waals surface area contributed by atoms with E-state index in [0.29, 0.717) is 35.7 Å². The average molecular weight is 428 g/mol. The van der Waals surface area contributed by atoms with Gasteiger partial charge in [0.15, 0.2) is 5.41 Å². The highest BCUT2D eigenvalue weighted by atomic mass is 16.7. The molecule has 9 nitrogen and oxygen atoms in total. The number of ether oxygens (including phenoxy) is 5. The molecule has 1 aromatic rings. The van der Waals surface area contributed by atoms with Crippen LogP contribution >= 0.6 is 0 Å². The molecule has 0 amide bonds. The molecule has 1 saturated carbocycles. The Kier molecular flexibility index (Phi) is 6.04. The van der Waals surface area contributed by atoms with E-state index < -0.39 is 22.7 Å². The van der Waals surface area contributed by atoms with Crippen LogP contribution in [0.5, 0.6) is 17.2 Å². The Labute approximate surface area is 182 Å². The van der Waals surface area contributed by atoms with Crippen LogP contribution in [0.15, 0.2) is 17.1 Å². The molecule has 0 saturated heterocycles. The van der Waals surface area contributed by atoms with E-state index in [4.69, 9.17) is 29.4 Å². The lowest BCUT2D eigenvalue weighted by Crippen LogP contribution is -2.44. The molecule has 0 radical (unpaired) electrons. The zero-order valence-corrected chi connectivity index (χ0v) is 18.5. The van der Waals surface area contributed by atoms with E-state index in [9.17, 15) is 10.5 Å². The van der Waals surface area contributed by atoms with Crippen molar-refractivity contribution in [2.75, 3.05) is 34.5 Å². The molecule has 3 atom stereocenters. The summed E-state index contributed by atoms with van der Waals surface area (Å²) in [5.41, 5.74) is 3.90. The number of nitrogens with zero attached hydrogens (tertiary/aromatic N) is 3. The Balaban J connectivity index is 2.28. The fourth-order valence-corrected chi connectivity index (χ4v) is 4.59. The van der Waals surface area contributed by atoms with Crippen molar-refractivity contribution in [3.8, 4) is 29.4 Å². The second-order valence-electron chi connectivity index (χ2n) is 7.49. The highest BCUT2D eigenvalue weighted by Gasteiger charge is 2.94. The predicted molar refractivity (Wildman–Crippen MR) is 112 cm³/mol. The third-order valence-corrected chi connectivity index (χ3v) is 5.97. The van der Waals surface area contributed by atoms with E-state index >= 15 is 0 Å². The number of methoxy groups -OCH3 is 3. The molecule has 1 fully saturated rings. The normalized spacial score (nSPS) is 27.5. The maximum absolute atomic E-state index is 10.5. The summed E-state index contributed by atoms with van der Waals surface area (Å²) in [5, 5.41) is 20.8. The highest BCUT2D eigenvalue weighted by Crippen LogP contribution is 2.83. The van der Waals surface area contributed by atoms with Gasteiger partial charge in [-0.25, -0.2) is 4.99 Å². The summed E-state index contributed by atoms with van der Waals surface area (Å²) in [6.45, 7) is 4.45. The van der Waals surface area contributed by atoms with Gasteiger partial charge in [0.05, 0.1) is 46.7 Å². The van der Waals surface area contributed by atoms with Crippen LogP contribution in [0.3, 0.4) is 0 Å². The van der Waals surface area contributed by atoms with Crippen molar-refractivity contribution in [3.05, 3.63) is 17.7 Å². The Morgan fingerprint density at radius 2 is 1.52 bits per heavy atom. The number of amidine groups is 1. The summed E-state index contributed by atoms with van der Waals surface area (Å²) in [5.74, 6) is -1.10. The van der Waals surface area contributed by atoms with Crippen LogP contribution in [0.1, 0.15) is 38.2 Å². The fraction of sp³-hybridized carbons (Fsp3) is 0.591. The smallest absolute Gasteiger partial charge is 0.293 e. The van der Waals surface area contributed by atoms with E-state index in [1.165, 1.54) is 21.3 Å². The SMILES string of the molecule is CCCOC1(OCCC)N=C(N)C2(C#N)C(c3c(OC)cc(OC)cc3OC)C12C#N. The van der Waals surface area contributed by atoms with Crippen molar-refractivity contribution in [1.82, 2.24) is 0 Å². The Bertz CT molecular complexity index is 933. The van der Waals surface area contributed by atoms with Gasteiger partial charge in [-0.2, -0.15) is 10.5 Å². The van der Waals surface area contributed by atoms with Crippen molar-refractivity contribution in [2.24, 2.45) is 21.6 Å². The minimum absolute atomic E-state index is 0.00804. The summed E-state index contributed by atoms with van der Waals surface area (Å²) < 4.78 is 28.7. The number of fused-ring (bicyclic) bond motifs is 1. The Morgan fingerprint density at radius 3 is 1.90 bits per heavy atom. The van der Waals surface area contributed by atoms with Crippen molar-refractivity contribution in [1.29, 1.82) is 10.5 Å². The zero-order valence-electron chi connectivity index (χ0n) is 18.5. The van der Waals surface area contributed by atoms with Crippen LogP contribution in [0.25, 0.3) is 0 Å². The van der Waals surface area contributed by atoms with Crippen LogP contribution in [-0.4, -0.2) is 46.3 Å². The molecule has 0 bridgehead atoms. The van der Waals surface area contributed by atoms with Crippen LogP contribution in [0.2, 0.25) is 0 Å². The first-order chi connectivity index (χ1) is 14.9. The van der Waals surface area contributed by atoms with Crippen molar-refractivity contribution >= 4 is 5.84 Å². The van der Waals surface area contributed by atoms with Gasteiger partial charge in [0.2, 0.25) is 0 Å². The minimum atomic E-state index is -1.70. The van der Waals surface area contributed by atoms with E-state index in [2.05, 4.69) is 17.1 Å². The molecule has 0 aromatic heterocycles. The summed E-state index contributed by atoms with van der Waals surface area (Å²) in [6, 6.07) is 7.93. The number of hydrogen-bond donors (Lipinski definition) is 1. The maximum atomic E-state index is 10.5. The topological polar surface area (TPSA) is 132 Å². The van der Waals surface area contributed by atoms with Gasteiger partial charge >= 0.3 is 0 Å². The van der Waals surface area contributed by atoms with Crippen LogP contribution in [0.4, 0.5) is 0 Å². The largest absolute Gasteiger partial charge is 0.496 e. The zero-order chi connectivity index (χ0) is 22.9. The molecule has 0 spiro atoms. The molecule has 3 rings (SSSR count). The summed E-state index contributed by atoms with van der Waals surface area (Å²) >= 11 is 0. The van der Waals surface area contributed by atoms with Crippen LogP contribution in [-0.2, 0) is 9.47 Å². The Hall–Kier alpha value is -3.01. The van der Waals surface area contributed by atoms with E-state index in [1.54, 1.807) is 12.1 Å². The molecule has 1 aliphatic heterocycles. The monoisotopic (exact) mass is 428 g/mol. The first-order valence-electron chi connectivity index (χ1n) is 10.2. The molecule has 3 unspecified atom stereocenters. The van der Waals surface area contributed by atoms with Gasteiger partial charge in [-0.3, -0.25) is 0 Å². The standard InChI is InChI=1S/C22H28N4O5/c1-6-8-30-22(31-9-7-2)21(13-24)18(20(21,12-23)19(25)26-22)17-15(28-4)10-14(27-3)11-16(17)29-5/h10-11,18H,6-9H2,1-5H3,(H2,25,26). The first-order valence-corrected chi connectivity index (χ1v) is 10.2. The molecule has 2 N–H and O–H groups in total. The fourth-order valence-electron chi connectivity index (χ4n) is 4.59. The Morgan fingerprint density at radius 1 is 0.968 bits per heavy atom. The first kappa shape index (κ1) is 22.7. The van der Waals surface area contributed by atoms with Gasteiger partial charge in [0.25, 0.3) is 5.91 Å². The lowest BCUT2D eigenvalue weighted by atomic mass is 9.93. The molecular weight excluding hydrogens is 400 g/mol. The lowest BCUT2D eigenvalue weighted by Gasteiger charge is -2.32. The number of nitrogens with two attached hydrogens (primary N) is 1. The average Bonchev–Trinajstić information content (AvgIpc) is 3.37. The van der Waals surface area contributed by atoms with Crippen molar-refractivity contribution in [2.45, 2.75) is 38.5 Å². The second-order valence-corrected chi connectivity index (χ2v) is 7.49. The molecule has 9 heteroatoms. The van der Waals surface area contributed by atoms with Crippen LogP contribution < -0.4 is 19.9 Å². The van der Waals surface area contributed by atoms with Crippen molar-refractivity contribution < 1.29 is 23.7 Å². The van der Waals surface area contributed by atoms with Crippen molar-refractivity contribution in [3.63, 3.8) is 0 Å². The second kappa shape index (κ2) is 8.26. The highest BCUT2D eigenvalue weighted by molar-refractivity contribution is 6.01. The summed E-state index contributed by atoms with van der Waals surface area (Å²) in [7, 11) is 4.53. The number of hydrogen-bond acceptors (Lipinski definition) is 9. The van der Waals surface area contributed by atoms with Crippen LogP contribution in [0, 0.1) is 33.5 Å². The molecule has 2 aliphatic rings. The lowest BCUT2D eigenvalue weighted by molar-refractivity contribution is -0.259. The number of benzene rings is 1. The van der Waals surface area contributed by atoms with Gasteiger partial charge in [-0.05, 0) is 12.8 Å². The number of nitriles is 2. The molecule has 1 aromatic carbocycles. The van der Waals surface area contributed by atoms with E-state index in [-0.39, 0.29) is 19.0 Å². The van der Waals surface area contributed by atoms with E-state index in [0.717, 1.165) is 0 Å². The van der Waals surface area contributed by atoms with Gasteiger partial charge in [-0.1, -0.05) is 13.8 Å². The number of aliphatic imine (C=N–C) groups is 1. The third kappa shape index (κ3) is 2.77. The maximum Gasteiger partial charge on any atom is 0.293 e. The number of rotatable bonds is 10. The minimum Gasteiger partial charge on any atom is -0.496 e. The van der Waals surface area contributed by atoms with Gasteiger partial charge in [0.1, 0.15) is 28.5 Å². The molecule has 1 heterocycles. The molecule has 31 heavy (non-hydrogen) atoms. The molecular formula is C22H28N4O5. The van der Waals surface area contributed by atoms with E-state index in [1.807, 2.05) is 13.8 Å². The van der Waals surface area contributed by atoms with Gasteiger partial charge < -0.3 is 29.4 Å². The molecule has 1 aliphatic carbocycles. The summed E-state index contributed by atoms with van der Waals surface area (Å²) in [4.78, 5) is 4.43. The quantitative estimate of drug-likeness (QED) is 0.563. The van der Waals surface area contributed by atoms with Gasteiger partial charge in [0, 0.05) is 23.6 Å². The third-order valence-electron chi connectivity index (χ3n) is 5.97. The van der Waals surface area contributed by atoms with Gasteiger partial charge in [-0.15, -0.1) is 0 Å².